The highest BCUT2D eigenvalue weighted by molar-refractivity contribution is 5.16. The Morgan fingerprint density at radius 2 is 2.20 bits per heavy atom. The molecule has 2 atom stereocenters. The van der Waals surface area contributed by atoms with E-state index < -0.39 is 5.54 Å². The molecular weight excluding hydrogens is 126 g/mol. The minimum absolute atomic E-state index is 0.109. The highest BCUT2D eigenvalue weighted by Gasteiger charge is 2.43. The van der Waals surface area contributed by atoms with Gasteiger partial charge in [-0.3, -0.25) is 0 Å². The molecule has 0 amide bonds. The van der Waals surface area contributed by atoms with Crippen molar-refractivity contribution in [1.29, 1.82) is 5.26 Å². The number of rotatable bonds is 1. The van der Waals surface area contributed by atoms with Crippen molar-refractivity contribution in [3.63, 3.8) is 0 Å². The second-order valence-corrected chi connectivity index (χ2v) is 3.16. The molecule has 1 aliphatic rings. The maximum Gasteiger partial charge on any atom is 0.188 e. The average Bonchev–Trinajstić information content (AvgIpc) is 1.83. The van der Waals surface area contributed by atoms with Crippen molar-refractivity contribution in [2.75, 3.05) is 0 Å². The molecule has 0 N–H and O–H groups in total. The van der Waals surface area contributed by atoms with Crippen molar-refractivity contribution in [3.05, 3.63) is 0 Å². The van der Waals surface area contributed by atoms with Gasteiger partial charge in [0, 0.05) is 0 Å². The van der Waals surface area contributed by atoms with Gasteiger partial charge in [0.25, 0.3) is 0 Å². The van der Waals surface area contributed by atoms with E-state index in [1.807, 2.05) is 6.92 Å². The van der Waals surface area contributed by atoms with Gasteiger partial charge < -0.3 is 0 Å². The van der Waals surface area contributed by atoms with Crippen molar-refractivity contribution in [2.24, 2.45) is 16.1 Å². The van der Waals surface area contributed by atoms with E-state index >= 15 is 0 Å². The maximum absolute atomic E-state index is 8.66. The van der Waals surface area contributed by atoms with Crippen molar-refractivity contribution >= 4 is 0 Å². The first-order valence-corrected chi connectivity index (χ1v) is 3.43. The fourth-order valence-electron chi connectivity index (χ4n) is 1.17. The molecule has 0 saturated heterocycles. The fraction of sp³-hybridized carbons (Fsp3) is 0.857. The van der Waals surface area contributed by atoms with Crippen LogP contribution in [0.5, 0.6) is 0 Å². The standard InChI is InChI=1S/C7H11N3/c1-5(2)6-7(3,4-8)10-9-6/h5-6H,1-3H3. The van der Waals surface area contributed by atoms with Crippen LogP contribution in [0.3, 0.4) is 0 Å². The summed E-state index contributed by atoms with van der Waals surface area (Å²) in [6.07, 6.45) is 0. The second-order valence-electron chi connectivity index (χ2n) is 3.16. The molecule has 0 aromatic heterocycles. The first-order chi connectivity index (χ1) is 4.60. The quantitative estimate of drug-likeness (QED) is 0.543. The smallest absolute Gasteiger partial charge is 0.188 e. The molecule has 0 fully saturated rings. The lowest BCUT2D eigenvalue weighted by molar-refractivity contribution is 0.274. The lowest BCUT2D eigenvalue weighted by atomic mass is 9.85. The summed E-state index contributed by atoms with van der Waals surface area (Å²) in [6.45, 7) is 5.93. The second kappa shape index (κ2) is 2.05. The Balaban J connectivity index is 2.73. The first-order valence-electron chi connectivity index (χ1n) is 3.43. The predicted octanol–water partition coefficient (Wildman–Crippen LogP) is 1.76. The molecule has 0 saturated carbocycles. The van der Waals surface area contributed by atoms with E-state index in [1.54, 1.807) is 0 Å². The zero-order valence-corrected chi connectivity index (χ0v) is 6.50. The van der Waals surface area contributed by atoms with E-state index in [0.717, 1.165) is 0 Å². The van der Waals surface area contributed by atoms with E-state index in [-0.39, 0.29) is 6.04 Å². The summed E-state index contributed by atoms with van der Waals surface area (Å²) in [7, 11) is 0. The van der Waals surface area contributed by atoms with Gasteiger partial charge in [-0.05, 0) is 12.8 Å². The molecule has 0 aliphatic carbocycles. The molecule has 1 rings (SSSR count). The first kappa shape index (κ1) is 7.20. The van der Waals surface area contributed by atoms with Gasteiger partial charge in [-0.1, -0.05) is 13.8 Å². The number of nitrogens with zero attached hydrogens (tertiary/aromatic N) is 3. The predicted molar refractivity (Wildman–Crippen MR) is 37.5 cm³/mol. The summed E-state index contributed by atoms with van der Waals surface area (Å²) in [5.74, 6) is 0.419. The van der Waals surface area contributed by atoms with Crippen LogP contribution in [0.15, 0.2) is 10.2 Å². The van der Waals surface area contributed by atoms with Crippen molar-refractivity contribution in [3.8, 4) is 6.07 Å². The Hall–Kier alpha value is -0.910. The molecule has 0 bridgehead atoms. The average molecular weight is 137 g/mol. The molecule has 1 aliphatic heterocycles. The summed E-state index contributed by atoms with van der Waals surface area (Å²) in [6, 6.07) is 2.26. The summed E-state index contributed by atoms with van der Waals surface area (Å²) in [4.78, 5) is 0. The molecular formula is C7H11N3. The van der Waals surface area contributed by atoms with Gasteiger partial charge in [0.1, 0.15) is 6.04 Å². The van der Waals surface area contributed by atoms with Crippen LogP contribution < -0.4 is 0 Å². The summed E-state index contributed by atoms with van der Waals surface area (Å²) in [5, 5.41) is 16.3. The third-order valence-electron chi connectivity index (χ3n) is 1.82. The van der Waals surface area contributed by atoms with Crippen LogP contribution in [0, 0.1) is 17.2 Å². The van der Waals surface area contributed by atoms with Crippen molar-refractivity contribution < 1.29 is 0 Å². The molecule has 1 heterocycles. The Bertz CT molecular complexity index is 201. The topological polar surface area (TPSA) is 48.5 Å². The molecule has 0 spiro atoms. The highest BCUT2D eigenvalue weighted by Crippen LogP contribution is 2.32. The summed E-state index contributed by atoms with van der Waals surface area (Å²) in [5.41, 5.74) is -0.534. The largest absolute Gasteiger partial charge is 0.195 e. The van der Waals surface area contributed by atoms with Crippen LogP contribution >= 0.6 is 0 Å². The van der Waals surface area contributed by atoms with E-state index in [9.17, 15) is 0 Å². The number of nitriles is 1. The van der Waals surface area contributed by atoms with Gasteiger partial charge in [-0.2, -0.15) is 15.5 Å². The summed E-state index contributed by atoms with van der Waals surface area (Å²) >= 11 is 0. The third-order valence-corrected chi connectivity index (χ3v) is 1.82. The zero-order valence-electron chi connectivity index (χ0n) is 6.50. The van der Waals surface area contributed by atoms with Gasteiger partial charge in [0.15, 0.2) is 5.54 Å². The van der Waals surface area contributed by atoms with Gasteiger partial charge in [-0.25, -0.2) is 0 Å². The van der Waals surface area contributed by atoms with E-state index in [2.05, 4.69) is 30.1 Å². The van der Waals surface area contributed by atoms with Crippen LogP contribution in [0.2, 0.25) is 0 Å². The van der Waals surface area contributed by atoms with Gasteiger partial charge >= 0.3 is 0 Å². The van der Waals surface area contributed by atoms with Crippen molar-refractivity contribution in [1.82, 2.24) is 0 Å². The fourth-order valence-corrected chi connectivity index (χ4v) is 1.17. The number of hydrogen-bond donors (Lipinski definition) is 0. The van der Waals surface area contributed by atoms with Crippen LogP contribution in [0.4, 0.5) is 0 Å². The molecule has 0 radical (unpaired) electrons. The minimum Gasteiger partial charge on any atom is -0.195 e. The Morgan fingerprint density at radius 3 is 2.30 bits per heavy atom. The Labute approximate surface area is 60.8 Å². The Kier molecular flexibility index (Phi) is 1.47. The monoisotopic (exact) mass is 137 g/mol. The zero-order chi connectivity index (χ0) is 7.78. The van der Waals surface area contributed by atoms with Gasteiger partial charge in [0.05, 0.1) is 6.07 Å². The van der Waals surface area contributed by atoms with Crippen molar-refractivity contribution in [2.45, 2.75) is 32.4 Å². The Morgan fingerprint density at radius 1 is 1.60 bits per heavy atom. The molecule has 3 heteroatoms. The normalized spacial score (nSPS) is 37.3. The van der Waals surface area contributed by atoms with Gasteiger partial charge in [-0.15, -0.1) is 0 Å². The SMILES string of the molecule is CC(C)C1N=NC1(C)C#N. The van der Waals surface area contributed by atoms with Crippen LogP contribution in [-0.2, 0) is 0 Å². The van der Waals surface area contributed by atoms with E-state index in [1.165, 1.54) is 0 Å². The van der Waals surface area contributed by atoms with Crippen LogP contribution in [0.1, 0.15) is 20.8 Å². The van der Waals surface area contributed by atoms with Gasteiger partial charge in [0.2, 0.25) is 0 Å². The summed E-state index contributed by atoms with van der Waals surface area (Å²) < 4.78 is 0. The third kappa shape index (κ3) is 0.804. The van der Waals surface area contributed by atoms with Crippen LogP contribution in [-0.4, -0.2) is 11.6 Å². The number of hydrogen-bond acceptors (Lipinski definition) is 3. The minimum atomic E-state index is -0.534. The van der Waals surface area contributed by atoms with Crippen LogP contribution in [0.25, 0.3) is 0 Å². The lowest BCUT2D eigenvalue weighted by Gasteiger charge is -2.33. The molecule has 0 aromatic rings. The highest BCUT2D eigenvalue weighted by atomic mass is 15.3. The van der Waals surface area contributed by atoms with E-state index in [4.69, 9.17) is 5.26 Å². The molecule has 2 unspecified atom stereocenters. The lowest BCUT2D eigenvalue weighted by Crippen LogP contribution is -2.44. The molecule has 54 valence electrons. The molecule has 0 aromatic carbocycles. The molecule has 3 nitrogen and oxygen atoms in total. The maximum atomic E-state index is 8.66. The van der Waals surface area contributed by atoms with E-state index in [0.29, 0.717) is 5.92 Å². The molecule has 10 heavy (non-hydrogen) atoms. The number of azo groups is 1.